The normalized spacial score (nSPS) is 14.4. The highest BCUT2D eigenvalue weighted by Crippen LogP contribution is 2.29. The summed E-state index contributed by atoms with van der Waals surface area (Å²) in [5, 5.41) is 7.90. The van der Waals surface area contributed by atoms with Crippen molar-refractivity contribution < 1.29 is 4.79 Å². The zero-order chi connectivity index (χ0) is 19.7. The molecule has 0 aliphatic heterocycles. The summed E-state index contributed by atoms with van der Waals surface area (Å²) in [5.41, 5.74) is 7.03. The second kappa shape index (κ2) is 7.63. The molecule has 144 valence electrons. The van der Waals surface area contributed by atoms with Crippen molar-refractivity contribution in [2.45, 2.75) is 52.5 Å². The molecular weight excluding hydrogens is 346 g/mol. The molecule has 0 saturated heterocycles. The first-order valence-electron chi connectivity index (χ1n) is 10.1. The highest BCUT2D eigenvalue weighted by atomic mass is 16.2. The fourth-order valence-electron chi connectivity index (χ4n) is 4.10. The van der Waals surface area contributed by atoms with Gasteiger partial charge < -0.3 is 5.32 Å². The van der Waals surface area contributed by atoms with Crippen molar-refractivity contribution >= 4 is 5.91 Å². The zero-order valence-corrected chi connectivity index (χ0v) is 16.8. The standard InChI is InChI=1S/C24H27N3O/c1-16-12-13-22(18(3)14-16)27-23(20-11-7-4-8-17(20)2)15-21(26-27)24(28)25-19-9-5-6-10-19/h4,7-8,11-15,19H,5-6,9-10H2,1-3H3,(H,25,28). The number of benzene rings is 2. The third-order valence-corrected chi connectivity index (χ3v) is 5.63. The van der Waals surface area contributed by atoms with Gasteiger partial charge in [0, 0.05) is 11.6 Å². The molecule has 3 aromatic rings. The smallest absolute Gasteiger partial charge is 0.272 e. The van der Waals surface area contributed by atoms with E-state index in [-0.39, 0.29) is 11.9 Å². The van der Waals surface area contributed by atoms with Crippen LogP contribution in [0.4, 0.5) is 0 Å². The van der Waals surface area contributed by atoms with Gasteiger partial charge in [0.25, 0.3) is 5.91 Å². The predicted octanol–water partition coefficient (Wildman–Crippen LogP) is 5.14. The van der Waals surface area contributed by atoms with Crippen LogP contribution in [-0.2, 0) is 0 Å². The Morgan fingerprint density at radius 2 is 1.75 bits per heavy atom. The van der Waals surface area contributed by atoms with Crippen molar-refractivity contribution in [3.8, 4) is 16.9 Å². The van der Waals surface area contributed by atoms with Gasteiger partial charge in [-0.1, -0.05) is 54.8 Å². The summed E-state index contributed by atoms with van der Waals surface area (Å²) in [6.07, 6.45) is 4.51. The van der Waals surface area contributed by atoms with Gasteiger partial charge in [-0.2, -0.15) is 5.10 Å². The number of hydrogen-bond acceptors (Lipinski definition) is 2. The average molecular weight is 374 g/mol. The lowest BCUT2D eigenvalue weighted by molar-refractivity contribution is 0.0932. The van der Waals surface area contributed by atoms with Crippen molar-refractivity contribution in [2.24, 2.45) is 0 Å². The molecule has 0 unspecified atom stereocenters. The van der Waals surface area contributed by atoms with Gasteiger partial charge in [-0.25, -0.2) is 4.68 Å². The Morgan fingerprint density at radius 3 is 2.46 bits per heavy atom. The van der Waals surface area contributed by atoms with E-state index in [1.807, 2.05) is 22.9 Å². The number of nitrogens with one attached hydrogen (secondary N) is 1. The molecule has 1 amide bonds. The molecule has 1 heterocycles. The lowest BCUT2D eigenvalue weighted by Gasteiger charge is -2.12. The fourth-order valence-corrected chi connectivity index (χ4v) is 4.10. The Kier molecular flexibility index (Phi) is 5.03. The highest BCUT2D eigenvalue weighted by Gasteiger charge is 2.22. The third kappa shape index (κ3) is 3.59. The molecule has 0 spiro atoms. The minimum absolute atomic E-state index is 0.0785. The first-order valence-corrected chi connectivity index (χ1v) is 10.1. The van der Waals surface area contributed by atoms with Crippen molar-refractivity contribution in [1.82, 2.24) is 15.1 Å². The SMILES string of the molecule is Cc1ccc(-n2nc(C(=O)NC3CCCC3)cc2-c2ccccc2C)c(C)c1. The summed E-state index contributed by atoms with van der Waals surface area (Å²) >= 11 is 0. The summed E-state index contributed by atoms with van der Waals surface area (Å²) in [6.45, 7) is 6.26. The lowest BCUT2D eigenvalue weighted by Crippen LogP contribution is -2.32. The molecule has 1 saturated carbocycles. The van der Waals surface area contributed by atoms with Crippen LogP contribution in [0.3, 0.4) is 0 Å². The largest absolute Gasteiger partial charge is 0.348 e. The van der Waals surface area contributed by atoms with Crippen molar-refractivity contribution in [2.75, 3.05) is 0 Å². The van der Waals surface area contributed by atoms with Gasteiger partial charge in [0.2, 0.25) is 0 Å². The summed E-state index contributed by atoms with van der Waals surface area (Å²) < 4.78 is 1.92. The van der Waals surface area contributed by atoms with Crippen LogP contribution in [0, 0.1) is 20.8 Å². The number of carbonyl (C=O) groups is 1. The van der Waals surface area contributed by atoms with Gasteiger partial charge >= 0.3 is 0 Å². The quantitative estimate of drug-likeness (QED) is 0.688. The van der Waals surface area contributed by atoms with E-state index >= 15 is 0 Å². The van der Waals surface area contributed by atoms with Crippen molar-refractivity contribution in [3.05, 3.63) is 70.9 Å². The van der Waals surface area contributed by atoms with Crippen LogP contribution in [0.25, 0.3) is 16.9 Å². The monoisotopic (exact) mass is 373 g/mol. The molecule has 1 aromatic heterocycles. The topological polar surface area (TPSA) is 46.9 Å². The van der Waals surface area contributed by atoms with E-state index in [1.54, 1.807) is 0 Å². The maximum absolute atomic E-state index is 12.9. The number of rotatable bonds is 4. The number of carbonyl (C=O) groups excluding carboxylic acids is 1. The maximum Gasteiger partial charge on any atom is 0.272 e. The Bertz CT molecular complexity index is 1010. The van der Waals surface area contributed by atoms with Gasteiger partial charge in [0.15, 0.2) is 5.69 Å². The Labute approximate surface area is 166 Å². The molecule has 28 heavy (non-hydrogen) atoms. The minimum atomic E-state index is -0.0785. The second-order valence-corrected chi connectivity index (χ2v) is 7.89. The zero-order valence-electron chi connectivity index (χ0n) is 16.8. The second-order valence-electron chi connectivity index (χ2n) is 7.89. The number of aromatic nitrogens is 2. The van der Waals surface area contributed by atoms with E-state index in [4.69, 9.17) is 5.10 Å². The number of amides is 1. The maximum atomic E-state index is 12.9. The van der Waals surface area contributed by atoms with Gasteiger partial charge in [0.1, 0.15) is 0 Å². The number of hydrogen-bond donors (Lipinski definition) is 1. The van der Waals surface area contributed by atoms with Gasteiger partial charge in [-0.3, -0.25) is 4.79 Å². The van der Waals surface area contributed by atoms with Crippen molar-refractivity contribution in [3.63, 3.8) is 0 Å². The first-order chi connectivity index (χ1) is 13.5. The van der Waals surface area contributed by atoms with E-state index in [0.717, 1.165) is 40.9 Å². The molecule has 0 radical (unpaired) electrons. The molecule has 1 aliphatic carbocycles. The first kappa shape index (κ1) is 18.5. The van der Waals surface area contributed by atoms with Crippen LogP contribution < -0.4 is 5.32 Å². The predicted molar refractivity (Wildman–Crippen MR) is 113 cm³/mol. The van der Waals surface area contributed by atoms with Gasteiger partial charge in [0.05, 0.1) is 11.4 Å². The highest BCUT2D eigenvalue weighted by molar-refractivity contribution is 5.94. The van der Waals surface area contributed by atoms with E-state index in [0.29, 0.717) is 5.69 Å². The van der Waals surface area contributed by atoms with Crippen molar-refractivity contribution in [1.29, 1.82) is 0 Å². The molecular formula is C24H27N3O. The molecule has 0 atom stereocenters. The molecule has 1 fully saturated rings. The summed E-state index contributed by atoms with van der Waals surface area (Å²) in [6, 6.07) is 16.8. The average Bonchev–Trinajstić information content (AvgIpc) is 3.32. The number of aryl methyl sites for hydroxylation is 3. The van der Waals surface area contributed by atoms with Crippen LogP contribution >= 0.6 is 0 Å². The number of nitrogens with zero attached hydrogens (tertiary/aromatic N) is 2. The van der Waals surface area contributed by atoms with E-state index in [9.17, 15) is 4.79 Å². The fraction of sp³-hybridized carbons (Fsp3) is 0.333. The van der Waals surface area contributed by atoms with E-state index in [2.05, 4.69) is 56.4 Å². The Hall–Kier alpha value is -2.88. The van der Waals surface area contributed by atoms with E-state index in [1.165, 1.54) is 18.4 Å². The van der Waals surface area contributed by atoms with Crippen LogP contribution in [0.15, 0.2) is 48.5 Å². The molecule has 1 aliphatic rings. The molecule has 0 bridgehead atoms. The van der Waals surface area contributed by atoms with Gasteiger partial charge in [-0.05, 0) is 56.9 Å². The molecule has 1 N–H and O–H groups in total. The molecule has 4 rings (SSSR count). The van der Waals surface area contributed by atoms with E-state index < -0.39 is 0 Å². The summed E-state index contributed by atoms with van der Waals surface area (Å²) in [5.74, 6) is -0.0785. The Balaban J connectivity index is 1.80. The molecule has 2 aromatic carbocycles. The molecule has 4 heteroatoms. The lowest BCUT2D eigenvalue weighted by atomic mass is 10.0. The molecule has 4 nitrogen and oxygen atoms in total. The minimum Gasteiger partial charge on any atom is -0.348 e. The van der Waals surface area contributed by atoms with Crippen LogP contribution in [0.2, 0.25) is 0 Å². The van der Waals surface area contributed by atoms with Crippen LogP contribution in [0.5, 0.6) is 0 Å². The summed E-state index contributed by atoms with van der Waals surface area (Å²) in [4.78, 5) is 12.9. The van der Waals surface area contributed by atoms with Gasteiger partial charge in [-0.15, -0.1) is 0 Å². The Morgan fingerprint density at radius 1 is 1.00 bits per heavy atom. The third-order valence-electron chi connectivity index (χ3n) is 5.63. The summed E-state index contributed by atoms with van der Waals surface area (Å²) in [7, 11) is 0. The van der Waals surface area contributed by atoms with Crippen LogP contribution in [0.1, 0.15) is 52.9 Å². The van der Waals surface area contributed by atoms with Crippen LogP contribution in [-0.4, -0.2) is 21.7 Å².